The molecule has 1 aromatic rings. The van der Waals surface area contributed by atoms with Gasteiger partial charge in [-0.2, -0.15) is 0 Å². The summed E-state index contributed by atoms with van der Waals surface area (Å²) in [6.07, 6.45) is -1.17. The standard InChI is InChI=1S/C14H19ClO5/c1-17-13(18-2)11(16)12(15,14(13,19-3)20-4)10-8-6-5-7-9-10/h5-9,11,16H,1-4H3. The van der Waals surface area contributed by atoms with Crippen LogP contribution in [-0.4, -0.2) is 51.2 Å². The van der Waals surface area contributed by atoms with E-state index in [1.807, 2.05) is 18.2 Å². The molecule has 0 spiro atoms. The maximum Gasteiger partial charge on any atom is 0.254 e. The first-order valence-electron chi connectivity index (χ1n) is 6.13. The highest BCUT2D eigenvalue weighted by atomic mass is 35.5. The number of hydrogen-bond donors (Lipinski definition) is 1. The average molecular weight is 303 g/mol. The molecule has 0 aliphatic heterocycles. The van der Waals surface area contributed by atoms with Crippen LogP contribution in [0.5, 0.6) is 0 Å². The number of alkyl halides is 1. The highest BCUT2D eigenvalue weighted by Crippen LogP contribution is 2.64. The van der Waals surface area contributed by atoms with E-state index in [2.05, 4.69) is 0 Å². The molecule has 1 aliphatic rings. The fraction of sp³-hybridized carbons (Fsp3) is 0.571. The lowest BCUT2D eigenvalue weighted by Gasteiger charge is -2.66. The van der Waals surface area contributed by atoms with Crippen LogP contribution in [-0.2, 0) is 23.8 Å². The molecule has 1 N–H and O–H groups in total. The Labute approximate surface area is 123 Å². The topological polar surface area (TPSA) is 57.2 Å². The maximum atomic E-state index is 10.6. The lowest BCUT2D eigenvalue weighted by Crippen LogP contribution is -2.87. The summed E-state index contributed by atoms with van der Waals surface area (Å²) in [7, 11) is 5.67. The van der Waals surface area contributed by atoms with Crippen molar-refractivity contribution in [1.29, 1.82) is 0 Å². The predicted octanol–water partition coefficient (Wildman–Crippen LogP) is 1.47. The molecule has 2 atom stereocenters. The van der Waals surface area contributed by atoms with Crippen molar-refractivity contribution in [3.05, 3.63) is 35.9 Å². The Morgan fingerprint density at radius 1 is 0.950 bits per heavy atom. The molecule has 1 fully saturated rings. The van der Waals surface area contributed by atoms with Crippen LogP contribution >= 0.6 is 11.6 Å². The normalized spacial score (nSPS) is 30.8. The summed E-state index contributed by atoms with van der Waals surface area (Å²) in [5.74, 6) is -2.99. The SMILES string of the molecule is COC1(OC)C(O)C(Cl)(c2ccccc2)C1(OC)OC. The van der Waals surface area contributed by atoms with E-state index in [9.17, 15) is 5.11 Å². The van der Waals surface area contributed by atoms with E-state index < -0.39 is 22.6 Å². The molecule has 1 aromatic carbocycles. The fourth-order valence-corrected chi connectivity index (χ4v) is 3.62. The number of benzene rings is 1. The molecular weight excluding hydrogens is 284 g/mol. The molecule has 0 saturated heterocycles. The number of aliphatic hydroxyl groups excluding tert-OH is 1. The lowest BCUT2D eigenvalue weighted by atomic mass is 9.64. The molecule has 0 heterocycles. The average Bonchev–Trinajstić information content (AvgIpc) is 2.52. The van der Waals surface area contributed by atoms with E-state index in [-0.39, 0.29) is 0 Å². The van der Waals surface area contributed by atoms with Crippen LogP contribution in [0.2, 0.25) is 0 Å². The van der Waals surface area contributed by atoms with Crippen molar-refractivity contribution in [3.8, 4) is 0 Å². The van der Waals surface area contributed by atoms with Gasteiger partial charge in [-0.3, -0.25) is 0 Å². The first-order chi connectivity index (χ1) is 9.50. The Morgan fingerprint density at radius 2 is 1.45 bits per heavy atom. The number of aliphatic hydroxyl groups is 1. The summed E-state index contributed by atoms with van der Waals surface area (Å²) in [5, 5.41) is 10.6. The van der Waals surface area contributed by atoms with Crippen LogP contribution in [0.1, 0.15) is 5.56 Å². The second kappa shape index (κ2) is 5.26. The van der Waals surface area contributed by atoms with E-state index in [0.29, 0.717) is 5.56 Å². The molecule has 0 radical (unpaired) electrons. The molecular formula is C14H19ClO5. The minimum atomic E-state index is -1.51. The molecule has 112 valence electrons. The smallest absolute Gasteiger partial charge is 0.254 e. The van der Waals surface area contributed by atoms with Crippen molar-refractivity contribution in [2.45, 2.75) is 22.6 Å². The van der Waals surface area contributed by atoms with Crippen molar-refractivity contribution < 1.29 is 24.1 Å². The van der Waals surface area contributed by atoms with Gasteiger partial charge in [0.2, 0.25) is 0 Å². The molecule has 0 aromatic heterocycles. The minimum Gasteiger partial charge on any atom is -0.385 e. The largest absolute Gasteiger partial charge is 0.385 e. The third-order valence-electron chi connectivity index (χ3n) is 4.05. The van der Waals surface area contributed by atoms with Crippen molar-refractivity contribution >= 4 is 11.6 Å². The van der Waals surface area contributed by atoms with Crippen LogP contribution in [0, 0.1) is 0 Å². The van der Waals surface area contributed by atoms with Gasteiger partial charge in [-0.25, -0.2) is 0 Å². The van der Waals surface area contributed by atoms with Crippen LogP contribution < -0.4 is 0 Å². The Morgan fingerprint density at radius 3 is 1.85 bits per heavy atom. The summed E-state index contributed by atoms with van der Waals surface area (Å²) < 4.78 is 21.7. The number of methoxy groups -OCH3 is 4. The molecule has 5 nitrogen and oxygen atoms in total. The Balaban J connectivity index is 2.60. The predicted molar refractivity (Wildman–Crippen MR) is 73.5 cm³/mol. The quantitative estimate of drug-likeness (QED) is 0.659. The third kappa shape index (κ3) is 1.51. The zero-order valence-electron chi connectivity index (χ0n) is 11.9. The van der Waals surface area contributed by atoms with E-state index in [1.165, 1.54) is 28.4 Å². The molecule has 20 heavy (non-hydrogen) atoms. The van der Waals surface area contributed by atoms with Crippen molar-refractivity contribution in [2.24, 2.45) is 0 Å². The van der Waals surface area contributed by atoms with Gasteiger partial charge in [-0.15, -0.1) is 11.6 Å². The van der Waals surface area contributed by atoms with Gasteiger partial charge in [-0.1, -0.05) is 30.3 Å². The number of rotatable bonds is 5. The van der Waals surface area contributed by atoms with E-state index in [1.54, 1.807) is 12.1 Å². The summed E-state index contributed by atoms with van der Waals surface area (Å²) in [4.78, 5) is -1.34. The molecule has 0 amide bonds. The Hall–Kier alpha value is -0.690. The number of ether oxygens (including phenoxy) is 4. The molecule has 1 aliphatic carbocycles. The van der Waals surface area contributed by atoms with Crippen LogP contribution in [0.25, 0.3) is 0 Å². The molecule has 2 rings (SSSR count). The molecule has 1 saturated carbocycles. The highest BCUT2D eigenvalue weighted by molar-refractivity contribution is 6.26. The fourth-order valence-electron chi connectivity index (χ4n) is 3.07. The van der Waals surface area contributed by atoms with Crippen molar-refractivity contribution in [1.82, 2.24) is 0 Å². The van der Waals surface area contributed by atoms with E-state index in [4.69, 9.17) is 30.5 Å². The van der Waals surface area contributed by atoms with E-state index in [0.717, 1.165) is 0 Å². The van der Waals surface area contributed by atoms with Gasteiger partial charge < -0.3 is 24.1 Å². The van der Waals surface area contributed by atoms with Gasteiger partial charge in [0.1, 0.15) is 6.10 Å². The summed E-state index contributed by atoms with van der Waals surface area (Å²) in [5.41, 5.74) is 0.655. The first-order valence-corrected chi connectivity index (χ1v) is 6.51. The molecule has 2 unspecified atom stereocenters. The van der Waals surface area contributed by atoms with Crippen LogP contribution in [0.15, 0.2) is 30.3 Å². The van der Waals surface area contributed by atoms with Crippen molar-refractivity contribution in [3.63, 3.8) is 0 Å². The van der Waals surface area contributed by atoms with Gasteiger partial charge >= 0.3 is 0 Å². The zero-order chi connectivity index (χ0) is 15.0. The van der Waals surface area contributed by atoms with Gasteiger partial charge in [0.25, 0.3) is 11.6 Å². The van der Waals surface area contributed by atoms with Crippen LogP contribution in [0.3, 0.4) is 0 Å². The number of hydrogen-bond acceptors (Lipinski definition) is 5. The summed E-state index contributed by atoms with van der Waals surface area (Å²) >= 11 is 6.69. The summed E-state index contributed by atoms with van der Waals surface area (Å²) in [6, 6.07) is 9.08. The number of halogens is 1. The molecule has 0 bridgehead atoms. The van der Waals surface area contributed by atoms with Gasteiger partial charge in [0, 0.05) is 28.4 Å². The second-order valence-electron chi connectivity index (χ2n) is 4.58. The van der Waals surface area contributed by atoms with Gasteiger partial charge in [0.05, 0.1) is 0 Å². The lowest BCUT2D eigenvalue weighted by molar-refractivity contribution is -0.490. The van der Waals surface area contributed by atoms with E-state index >= 15 is 0 Å². The van der Waals surface area contributed by atoms with Crippen LogP contribution in [0.4, 0.5) is 0 Å². The minimum absolute atomic E-state index is 0.655. The third-order valence-corrected chi connectivity index (χ3v) is 4.72. The zero-order valence-corrected chi connectivity index (χ0v) is 12.7. The molecule has 6 heteroatoms. The van der Waals surface area contributed by atoms with Gasteiger partial charge in [-0.05, 0) is 5.56 Å². The maximum absolute atomic E-state index is 10.6. The summed E-state index contributed by atoms with van der Waals surface area (Å²) in [6.45, 7) is 0. The second-order valence-corrected chi connectivity index (χ2v) is 5.18. The highest BCUT2D eigenvalue weighted by Gasteiger charge is 2.85. The Kier molecular flexibility index (Phi) is 4.12. The first kappa shape index (κ1) is 15.7. The Bertz CT molecular complexity index is 458. The monoisotopic (exact) mass is 302 g/mol. The van der Waals surface area contributed by atoms with Gasteiger partial charge in [0.15, 0.2) is 4.87 Å². The van der Waals surface area contributed by atoms with Crippen molar-refractivity contribution in [2.75, 3.05) is 28.4 Å².